The normalized spacial score (nSPS) is 15.7. The Morgan fingerprint density at radius 1 is 1.22 bits per heavy atom. The number of carbonyl (C=O) groups is 2. The maximum atomic E-state index is 12.4. The van der Waals surface area contributed by atoms with Gasteiger partial charge >= 0.3 is 0 Å². The second-order valence-corrected chi connectivity index (χ2v) is 5.20. The van der Waals surface area contributed by atoms with Crippen LogP contribution in [0.4, 0.5) is 0 Å². The third-order valence-corrected chi connectivity index (χ3v) is 3.69. The van der Waals surface area contributed by atoms with Gasteiger partial charge in [-0.05, 0) is 25.1 Å². The second-order valence-electron chi connectivity index (χ2n) is 5.20. The molecule has 1 fully saturated rings. The van der Waals surface area contributed by atoms with Crippen molar-refractivity contribution in [1.82, 2.24) is 10.2 Å². The molecule has 1 saturated heterocycles. The molecule has 2 amide bonds. The van der Waals surface area contributed by atoms with Crippen LogP contribution in [0.25, 0.3) is 0 Å². The van der Waals surface area contributed by atoms with Gasteiger partial charge in [0.2, 0.25) is 5.91 Å². The van der Waals surface area contributed by atoms with Gasteiger partial charge in [-0.1, -0.05) is 0 Å². The van der Waals surface area contributed by atoms with Gasteiger partial charge in [0.1, 0.15) is 17.5 Å². The van der Waals surface area contributed by atoms with Crippen LogP contribution in [0, 0.1) is 0 Å². The van der Waals surface area contributed by atoms with E-state index >= 15 is 0 Å². The summed E-state index contributed by atoms with van der Waals surface area (Å²) in [6.07, 6.45) is 0. The molecule has 23 heavy (non-hydrogen) atoms. The summed E-state index contributed by atoms with van der Waals surface area (Å²) in [5, 5.41) is 2.71. The number of amides is 2. The van der Waals surface area contributed by atoms with Crippen LogP contribution in [0.3, 0.4) is 0 Å². The van der Waals surface area contributed by atoms with Crippen molar-refractivity contribution in [1.29, 1.82) is 0 Å². The monoisotopic (exact) mass is 322 g/mol. The lowest BCUT2D eigenvalue weighted by Crippen LogP contribution is -2.50. The Labute approximate surface area is 135 Å². The van der Waals surface area contributed by atoms with E-state index in [-0.39, 0.29) is 11.8 Å². The summed E-state index contributed by atoms with van der Waals surface area (Å²) < 4.78 is 15.5. The molecule has 126 valence electrons. The third kappa shape index (κ3) is 4.13. The Bertz CT molecular complexity index is 570. The lowest BCUT2D eigenvalue weighted by Gasteiger charge is -2.29. The molecule has 0 bridgehead atoms. The van der Waals surface area contributed by atoms with Crippen molar-refractivity contribution < 1.29 is 23.8 Å². The van der Waals surface area contributed by atoms with E-state index in [2.05, 4.69) is 5.32 Å². The Balaban J connectivity index is 2.07. The quantitative estimate of drug-likeness (QED) is 0.863. The molecule has 7 heteroatoms. The minimum Gasteiger partial charge on any atom is -0.497 e. The summed E-state index contributed by atoms with van der Waals surface area (Å²) in [7, 11) is 3.01. The topological polar surface area (TPSA) is 77.1 Å². The molecule has 0 aliphatic carbocycles. The highest BCUT2D eigenvalue weighted by Crippen LogP contribution is 2.23. The average molecular weight is 322 g/mol. The highest BCUT2D eigenvalue weighted by Gasteiger charge is 2.25. The number of ether oxygens (including phenoxy) is 3. The van der Waals surface area contributed by atoms with E-state index in [4.69, 9.17) is 14.2 Å². The lowest BCUT2D eigenvalue weighted by atomic mass is 10.1. The number of carbonyl (C=O) groups excluding carboxylic acids is 2. The van der Waals surface area contributed by atoms with E-state index in [9.17, 15) is 9.59 Å². The van der Waals surface area contributed by atoms with Crippen molar-refractivity contribution in [2.75, 3.05) is 40.5 Å². The Hall–Kier alpha value is -2.28. The smallest absolute Gasteiger partial charge is 0.255 e. The van der Waals surface area contributed by atoms with Crippen LogP contribution in [-0.2, 0) is 9.53 Å². The van der Waals surface area contributed by atoms with Crippen molar-refractivity contribution in [2.45, 2.75) is 13.0 Å². The number of hydrogen-bond donors (Lipinski definition) is 1. The zero-order valence-corrected chi connectivity index (χ0v) is 13.6. The molecule has 1 aliphatic heterocycles. The number of benzene rings is 1. The fourth-order valence-corrected chi connectivity index (χ4v) is 2.39. The first kappa shape index (κ1) is 17.1. The van der Waals surface area contributed by atoms with Gasteiger partial charge in [0.15, 0.2) is 0 Å². The Morgan fingerprint density at radius 3 is 2.52 bits per heavy atom. The van der Waals surface area contributed by atoms with Gasteiger partial charge < -0.3 is 24.4 Å². The molecule has 0 spiro atoms. The van der Waals surface area contributed by atoms with Crippen molar-refractivity contribution in [3.8, 4) is 11.5 Å². The summed E-state index contributed by atoms with van der Waals surface area (Å²) in [4.78, 5) is 26.5. The molecule has 1 aromatic carbocycles. The molecule has 0 unspecified atom stereocenters. The lowest BCUT2D eigenvalue weighted by molar-refractivity contribution is -0.136. The fourth-order valence-electron chi connectivity index (χ4n) is 2.39. The van der Waals surface area contributed by atoms with E-state index in [1.165, 1.54) is 14.2 Å². The molecule has 1 aliphatic rings. The molecule has 1 heterocycles. The zero-order chi connectivity index (χ0) is 16.8. The zero-order valence-electron chi connectivity index (χ0n) is 13.6. The highest BCUT2D eigenvalue weighted by molar-refractivity contribution is 5.99. The van der Waals surface area contributed by atoms with Gasteiger partial charge in [-0.15, -0.1) is 0 Å². The highest BCUT2D eigenvalue weighted by atomic mass is 16.5. The van der Waals surface area contributed by atoms with Crippen LogP contribution in [0.5, 0.6) is 11.5 Å². The van der Waals surface area contributed by atoms with Gasteiger partial charge in [0, 0.05) is 13.1 Å². The summed E-state index contributed by atoms with van der Waals surface area (Å²) >= 11 is 0. The van der Waals surface area contributed by atoms with Crippen LogP contribution in [0.15, 0.2) is 18.2 Å². The van der Waals surface area contributed by atoms with Crippen LogP contribution >= 0.6 is 0 Å². The van der Waals surface area contributed by atoms with E-state index in [0.717, 1.165) is 0 Å². The van der Waals surface area contributed by atoms with Crippen LogP contribution in [-0.4, -0.2) is 63.3 Å². The number of rotatable bonds is 5. The van der Waals surface area contributed by atoms with Crippen LogP contribution < -0.4 is 14.8 Å². The first-order chi connectivity index (χ1) is 11.1. The molecule has 1 aromatic rings. The average Bonchev–Trinajstić information content (AvgIpc) is 2.61. The summed E-state index contributed by atoms with van der Waals surface area (Å²) in [5.41, 5.74) is 0.327. The molecule has 7 nitrogen and oxygen atoms in total. The first-order valence-corrected chi connectivity index (χ1v) is 7.46. The first-order valence-electron chi connectivity index (χ1n) is 7.46. The van der Waals surface area contributed by atoms with Crippen LogP contribution in [0.1, 0.15) is 17.3 Å². The number of nitrogens with one attached hydrogen (secondary N) is 1. The number of morpholine rings is 1. The number of nitrogens with zero attached hydrogens (tertiary/aromatic N) is 1. The van der Waals surface area contributed by atoms with Crippen LogP contribution in [0.2, 0.25) is 0 Å². The molecule has 0 radical (unpaired) electrons. The largest absolute Gasteiger partial charge is 0.497 e. The van der Waals surface area contributed by atoms with E-state index in [1.54, 1.807) is 30.0 Å². The third-order valence-electron chi connectivity index (χ3n) is 3.69. The fraction of sp³-hybridized carbons (Fsp3) is 0.500. The van der Waals surface area contributed by atoms with Gasteiger partial charge in [-0.2, -0.15) is 0 Å². The predicted octanol–water partition coefficient (Wildman–Crippen LogP) is 0.681. The molecule has 0 aromatic heterocycles. The maximum absolute atomic E-state index is 12.4. The van der Waals surface area contributed by atoms with Gasteiger partial charge in [0.25, 0.3) is 5.91 Å². The minimum absolute atomic E-state index is 0.122. The van der Waals surface area contributed by atoms with Crippen molar-refractivity contribution in [3.63, 3.8) is 0 Å². The summed E-state index contributed by atoms with van der Waals surface area (Å²) in [6, 6.07) is 4.32. The molecule has 1 atom stereocenters. The van der Waals surface area contributed by atoms with E-state index < -0.39 is 6.04 Å². The van der Waals surface area contributed by atoms with E-state index in [1.807, 2.05) is 0 Å². The Kier molecular flexibility index (Phi) is 5.81. The predicted molar refractivity (Wildman–Crippen MR) is 83.9 cm³/mol. The van der Waals surface area contributed by atoms with E-state index in [0.29, 0.717) is 43.4 Å². The number of hydrogen-bond acceptors (Lipinski definition) is 5. The van der Waals surface area contributed by atoms with Crippen molar-refractivity contribution >= 4 is 11.8 Å². The van der Waals surface area contributed by atoms with Gasteiger partial charge in [0.05, 0.1) is 33.0 Å². The number of methoxy groups -OCH3 is 2. The Morgan fingerprint density at radius 2 is 1.91 bits per heavy atom. The summed E-state index contributed by atoms with van der Waals surface area (Å²) in [6.45, 7) is 3.80. The maximum Gasteiger partial charge on any atom is 0.255 e. The second kappa shape index (κ2) is 7.82. The minimum atomic E-state index is -0.628. The molecule has 1 N–H and O–H groups in total. The van der Waals surface area contributed by atoms with Gasteiger partial charge in [-0.3, -0.25) is 9.59 Å². The SMILES string of the molecule is COc1ccc(OC)c(C(=O)N[C@H](C)C(=O)N2CCOCC2)c1. The van der Waals surface area contributed by atoms with Crippen molar-refractivity contribution in [2.24, 2.45) is 0 Å². The standard InChI is InChI=1S/C16H22N2O5/c1-11(16(20)18-6-8-23-9-7-18)17-15(19)13-10-12(21-2)4-5-14(13)22-3/h4-5,10-11H,6-9H2,1-3H3,(H,17,19)/t11-/m1/s1. The molecule has 2 rings (SSSR count). The molecular formula is C16H22N2O5. The molecule has 0 saturated carbocycles. The summed E-state index contributed by atoms with van der Waals surface area (Å²) in [5.74, 6) is 0.468. The van der Waals surface area contributed by atoms with Gasteiger partial charge in [-0.25, -0.2) is 0 Å². The molecular weight excluding hydrogens is 300 g/mol. The van der Waals surface area contributed by atoms with Crippen molar-refractivity contribution in [3.05, 3.63) is 23.8 Å².